The quantitative estimate of drug-likeness (QED) is 0.296. The number of unbranched alkanes of at least 4 members (excludes halogenated alkanes) is 5. The van der Waals surface area contributed by atoms with Gasteiger partial charge in [0, 0.05) is 0 Å². The normalized spacial score (nSPS) is 11.9. The lowest BCUT2D eigenvalue weighted by molar-refractivity contribution is -0.849. The Morgan fingerprint density at radius 2 is 1.33 bits per heavy atom. The number of rotatable bonds is 8. The lowest BCUT2D eigenvalue weighted by Crippen LogP contribution is -2.27. The summed E-state index contributed by atoms with van der Waals surface area (Å²) >= 11 is 0. The van der Waals surface area contributed by atoms with Crippen LogP contribution in [0.15, 0.2) is 0 Å². The molecule has 6 heteroatoms. The van der Waals surface area contributed by atoms with Crippen molar-refractivity contribution in [1.29, 1.82) is 0 Å². The van der Waals surface area contributed by atoms with Crippen LogP contribution in [-0.2, 0) is 14.6 Å². The second-order valence-electron chi connectivity index (χ2n) is 5.68. The van der Waals surface area contributed by atoms with Gasteiger partial charge in [0.25, 0.3) is 0 Å². The van der Waals surface area contributed by atoms with Crippen molar-refractivity contribution < 1.29 is 21.6 Å². The first-order valence-electron chi connectivity index (χ1n) is 6.45. The Bertz CT molecular complexity index is 264. The first-order valence-corrected chi connectivity index (χ1v) is 7.78. The third-order valence-corrected chi connectivity index (χ3v) is 2.18. The zero-order valence-electron chi connectivity index (χ0n) is 12.4. The summed E-state index contributed by atoms with van der Waals surface area (Å²) in [6.45, 7) is 2.16. The number of quaternary nitrogens is 1. The fourth-order valence-electron chi connectivity index (χ4n) is 1.04. The van der Waals surface area contributed by atoms with E-state index in [0.29, 0.717) is 6.42 Å². The molecule has 112 valence electrons. The molecule has 0 bridgehead atoms. The van der Waals surface area contributed by atoms with Gasteiger partial charge in [0.05, 0.1) is 34.8 Å². The van der Waals surface area contributed by atoms with E-state index in [1.165, 1.54) is 19.3 Å². The molecule has 0 aliphatic carbocycles. The van der Waals surface area contributed by atoms with Crippen LogP contribution < -0.4 is 0 Å². The molecule has 0 amide bonds. The molecule has 0 spiro atoms. The van der Waals surface area contributed by atoms with Crippen LogP contribution in [0.25, 0.3) is 0 Å². The van der Waals surface area contributed by atoms with Crippen LogP contribution in [0.3, 0.4) is 0 Å². The second kappa shape index (κ2) is 10.7. The highest BCUT2D eigenvalue weighted by atomic mass is 32.3. The molecule has 0 N–H and O–H groups in total. The summed E-state index contributed by atoms with van der Waals surface area (Å²) in [6, 6.07) is 0. The lowest BCUT2D eigenvalue weighted by atomic mass is 10.1. The van der Waals surface area contributed by atoms with E-state index >= 15 is 0 Å². The highest BCUT2D eigenvalue weighted by Gasteiger charge is 1.94. The van der Waals surface area contributed by atoms with E-state index in [0.717, 1.165) is 17.3 Å². The summed E-state index contributed by atoms with van der Waals surface area (Å²) in [4.78, 5) is 0. The Morgan fingerprint density at radius 3 is 1.72 bits per heavy atom. The smallest absolute Gasteiger partial charge is 0.217 e. The molecule has 0 rings (SSSR count). The summed E-state index contributed by atoms with van der Waals surface area (Å²) in [7, 11) is 4.03. The van der Waals surface area contributed by atoms with Crippen molar-refractivity contribution in [2.45, 2.75) is 45.4 Å². The SMILES string of the molecule is CCCCCCCCOS(=O)(=O)[O-].C[N+](C)(C)C. The molecule has 0 unspecified atom stereocenters. The summed E-state index contributed by atoms with van der Waals surface area (Å²) in [5.74, 6) is 0. The lowest BCUT2D eigenvalue weighted by Gasteiger charge is -2.14. The number of nitrogens with zero attached hydrogens (tertiary/aromatic N) is 1. The Morgan fingerprint density at radius 1 is 0.944 bits per heavy atom. The molecule has 5 nitrogen and oxygen atoms in total. The van der Waals surface area contributed by atoms with Crippen LogP contribution in [-0.4, -0.2) is 52.3 Å². The van der Waals surface area contributed by atoms with Crippen molar-refractivity contribution in [3.63, 3.8) is 0 Å². The molecule has 0 aromatic carbocycles. The first-order chi connectivity index (χ1) is 8.06. The Hall–Kier alpha value is -0.170. The number of hydrogen-bond donors (Lipinski definition) is 0. The maximum atomic E-state index is 9.99. The molecule has 0 atom stereocenters. The average Bonchev–Trinajstić information content (AvgIpc) is 2.12. The monoisotopic (exact) mass is 283 g/mol. The van der Waals surface area contributed by atoms with Crippen LogP contribution in [0.4, 0.5) is 0 Å². The predicted molar refractivity (Wildman–Crippen MR) is 73.0 cm³/mol. The minimum atomic E-state index is -4.47. The molecule has 0 aliphatic heterocycles. The highest BCUT2D eigenvalue weighted by molar-refractivity contribution is 7.80. The van der Waals surface area contributed by atoms with E-state index in [4.69, 9.17) is 0 Å². The van der Waals surface area contributed by atoms with Crippen LogP contribution in [0.1, 0.15) is 45.4 Å². The van der Waals surface area contributed by atoms with Gasteiger partial charge in [0.1, 0.15) is 0 Å². The van der Waals surface area contributed by atoms with Gasteiger partial charge < -0.3 is 9.04 Å². The molecule has 0 radical (unpaired) electrons. The van der Waals surface area contributed by atoms with Gasteiger partial charge in [0.2, 0.25) is 10.4 Å². The van der Waals surface area contributed by atoms with E-state index in [1.54, 1.807) is 0 Å². The zero-order chi connectivity index (χ0) is 14.7. The average molecular weight is 283 g/mol. The topological polar surface area (TPSA) is 66.4 Å². The maximum Gasteiger partial charge on any atom is 0.217 e. The largest absolute Gasteiger partial charge is 0.726 e. The molecule has 0 fully saturated rings. The number of hydrogen-bond acceptors (Lipinski definition) is 4. The van der Waals surface area contributed by atoms with Crippen LogP contribution in [0.5, 0.6) is 0 Å². The summed E-state index contributed by atoms with van der Waals surface area (Å²) in [6.07, 6.45) is 6.21. The fourth-order valence-corrected chi connectivity index (χ4v) is 1.37. The zero-order valence-corrected chi connectivity index (χ0v) is 13.3. The summed E-state index contributed by atoms with van der Waals surface area (Å²) < 4.78 is 35.0. The van der Waals surface area contributed by atoms with Gasteiger partial charge in [-0.3, -0.25) is 4.18 Å². The molecule has 0 aliphatic rings. The van der Waals surface area contributed by atoms with Gasteiger partial charge in [-0.2, -0.15) is 0 Å². The summed E-state index contributed by atoms with van der Waals surface area (Å²) in [5.41, 5.74) is 0. The van der Waals surface area contributed by atoms with Crippen molar-refractivity contribution in [3.05, 3.63) is 0 Å². The fraction of sp³-hybridized carbons (Fsp3) is 1.00. The van der Waals surface area contributed by atoms with Crippen LogP contribution >= 0.6 is 0 Å². The minimum absolute atomic E-state index is 0.0258. The molecular weight excluding hydrogens is 254 g/mol. The van der Waals surface area contributed by atoms with E-state index in [2.05, 4.69) is 39.3 Å². The third-order valence-electron chi connectivity index (χ3n) is 1.73. The predicted octanol–water partition coefficient (Wildman–Crippen LogP) is 2.15. The van der Waals surface area contributed by atoms with Crippen LogP contribution in [0, 0.1) is 0 Å². The molecule has 0 aromatic rings. The first kappa shape index (κ1) is 20.2. The summed E-state index contributed by atoms with van der Waals surface area (Å²) in [5, 5.41) is 0. The van der Waals surface area contributed by atoms with E-state index in [9.17, 15) is 13.0 Å². The minimum Gasteiger partial charge on any atom is -0.726 e. The molecule has 0 aromatic heterocycles. The van der Waals surface area contributed by atoms with Gasteiger partial charge in [0.15, 0.2) is 0 Å². The van der Waals surface area contributed by atoms with Crippen molar-refractivity contribution >= 4 is 10.4 Å². The molecule has 18 heavy (non-hydrogen) atoms. The molecular formula is C12H29NO4S. The van der Waals surface area contributed by atoms with Crippen molar-refractivity contribution in [1.82, 2.24) is 0 Å². The van der Waals surface area contributed by atoms with Crippen LogP contribution in [0.2, 0.25) is 0 Å². The van der Waals surface area contributed by atoms with Crippen molar-refractivity contribution in [2.24, 2.45) is 0 Å². The van der Waals surface area contributed by atoms with Gasteiger partial charge in [-0.05, 0) is 6.42 Å². The Kier molecular flexibility index (Phi) is 12.0. The second-order valence-corrected chi connectivity index (χ2v) is 6.73. The van der Waals surface area contributed by atoms with E-state index in [-0.39, 0.29) is 6.61 Å². The van der Waals surface area contributed by atoms with Crippen molar-refractivity contribution in [3.8, 4) is 0 Å². The van der Waals surface area contributed by atoms with E-state index in [1.807, 2.05) is 0 Å². The standard InChI is InChI=1S/C8H18O4S.C4H12N/c1-2-3-4-5-6-7-8-12-13(9,10)11;1-5(2,3)4/h2-8H2,1H3,(H,9,10,11);1-4H3/q;+1/p-1. The Labute approximate surface area is 113 Å². The maximum absolute atomic E-state index is 9.99. The van der Waals surface area contributed by atoms with Gasteiger partial charge in [-0.15, -0.1) is 0 Å². The molecule has 0 saturated heterocycles. The van der Waals surface area contributed by atoms with E-state index < -0.39 is 10.4 Å². The van der Waals surface area contributed by atoms with Gasteiger partial charge >= 0.3 is 0 Å². The highest BCUT2D eigenvalue weighted by Crippen LogP contribution is 2.05. The molecule has 0 heterocycles. The van der Waals surface area contributed by atoms with Gasteiger partial charge in [-0.1, -0.05) is 39.0 Å². The van der Waals surface area contributed by atoms with Crippen molar-refractivity contribution in [2.75, 3.05) is 34.8 Å². The third kappa shape index (κ3) is 36.0. The molecule has 0 saturated carbocycles. The van der Waals surface area contributed by atoms with Gasteiger partial charge in [-0.25, -0.2) is 8.42 Å². The Balaban J connectivity index is 0.